The van der Waals surface area contributed by atoms with Gasteiger partial charge in [-0.05, 0) is 60.1 Å². The molecule has 5 nitrogen and oxygen atoms in total. The van der Waals surface area contributed by atoms with Crippen LogP contribution in [-0.2, 0) is 11.2 Å². The normalized spacial score (nSPS) is 18.2. The fraction of sp³-hybridized carbons (Fsp3) is 0.357. The summed E-state index contributed by atoms with van der Waals surface area (Å²) in [6, 6.07) is 19.2. The fourth-order valence-electron chi connectivity index (χ4n) is 4.98. The summed E-state index contributed by atoms with van der Waals surface area (Å²) >= 11 is 1.71. The zero-order valence-corrected chi connectivity index (χ0v) is 20.7. The van der Waals surface area contributed by atoms with Gasteiger partial charge in [0.2, 0.25) is 5.91 Å². The first-order chi connectivity index (χ1) is 16.6. The second-order valence-corrected chi connectivity index (χ2v) is 10.4. The zero-order chi connectivity index (χ0) is 23.5. The van der Waals surface area contributed by atoms with Crippen molar-refractivity contribution in [1.82, 2.24) is 10.3 Å². The van der Waals surface area contributed by atoms with Gasteiger partial charge in [-0.25, -0.2) is 4.98 Å². The molecule has 2 aromatic heterocycles. The summed E-state index contributed by atoms with van der Waals surface area (Å²) in [5.74, 6) is 1.62. The van der Waals surface area contributed by atoms with Crippen molar-refractivity contribution >= 4 is 49.7 Å². The SMILES string of the molecule is CN(C)c1cc(NC2CCC(CNC(=O)Cc3csc4ccccc34)CC2)nc2ccccc12. The van der Waals surface area contributed by atoms with Crippen LogP contribution in [0.4, 0.5) is 11.5 Å². The number of nitrogens with one attached hydrogen (secondary N) is 2. The number of para-hydroxylation sites is 1. The van der Waals surface area contributed by atoms with Crippen molar-refractivity contribution in [2.45, 2.75) is 38.1 Å². The van der Waals surface area contributed by atoms with Crippen LogP contribution in [0.5, 0.6) is 0 Å². The van der Waals surface area contributed by atoms with Crippen LogP contribution in [-0.4, -0.2) is 37.6 Å². The van der Waals surface area contributed by atoms with Crippen molar-refractivity contribution in [1.29, 1.82) is 0 Å². The lowest BCUT2D eigenvalue weighted by Gasteiger charge is -2.30. The predicted molar refractivity (Wildman–Crippen MR) is 144 cm³/mol. The molecule has 0 atom stereocenters. The molecule has 1 saturated carbocycles. The Morgan fingerprint density at radius 1 is 1.03 bits per heavy atom. The Morgan fingerprint density at radius 2 is 1.76 bits per heavy atom. The number of rotatable bonds is 7. The number of carbonyl (C=O) groups is 1. The van der Waals surface area contributed by atoms with Crippen LogP contribution >= 0.6 is 11.3 Å². The van der Waals surface area contributed by atoms with E-state index in [2.05, 4.69) is 71.4 Å². The Bertz CT molecular complexity index is 1290. The van der Waals surface area contributed by atoms with Crippen molar-refractivity contribution in [3.05, 3.63) is 65.5 Å². The highest BCUT2D eigenvalue weighted by atomic mass is 32.1. The number of nitrogens with zero attached hydrogens (tertiary/aromatic N) is 2. The molecule has 176 valence electrons. The lowest BCUT2D eigenvalue weighted by atomic mass is 9.86. The molecule has 34 heavy (non-hydrogen) atoms. The van der Waals surface area contributed by atoms with Gasteiger partial charge in [-0.1, -0.05) is 36.4 Å². The molecule has 0 aliphatic heterocycles. The maximum Gasteiger partial charge on any atom is 0.224 e. The number of aromatic nitrogens is 1. The maximum atomic E-state index is 12.6. The summed E-state index contributed by atoms with van der Waals surface area (Å²) in [5, 5.41) is 11.4. The van der Waals surface area contributed by atoms with Gasteiger partial charge in [-0.15, -0.1) is 11.3 Å². The van der Waals surface area contributed by atoms with E-state index in [4.69, 9.17) is 4.98 Å². The molecule has 2 N–H and O–H groups in total. The van der Waals surface area contributed by atoms with E-state index in [1.807, 2.05) is 18.2 Å². The fourth-order valence-corrected chi connectivity index (χ4v) is 5.95. The molecule has 2 aromatic carbocycles. The third-order valence-corrected chi connectivity index (χ3v) is 7.89. The Morgan fingerprint density at radius 3 is 2.56 bits per heavy atom. The maximum absolute atomic E-state index is 12.6. The van der Waals surface area contributed by atoms with Crippen LogP contribution in [0.2, 0.25) is 0 Å². The Balaban J connectivity index is 1.12. The molecule has 0 bridgehead atoms. The quantitative estimate of drug-likeness (QED) is 0.354. The summed E-state index contributed by atoms with van der Waals surface area (Å²) < 4.78 is 1.25. The van der Waals surface area contributed by atoms with E-state index < -0.39 is 0 Å². The van der Waals surface area contributed by atoms with E-state index in [1.54, 1.807) is 11.3 Å². The van der Waals surface area contributed by atoms with E-state index >= 15 is 0 Å². The molecule has 1 aliphatic carbocycles. The monoisotopic (exact) mass is 472 g/mol. The van der Waals surface area contributed by atoms with E-state index in [9.17, 15) is 4.79 Å². The highest BCUT2D eigenvalue weighted by molar-refractivity contribution is 7.17. The van der Waals surface area contributed by atoms with Crippen molar-refractivity contribution in [2.24, 2.45) is 5.92 Å². The average molecular weight is 473 g/mol. The van der Waals surface area contributed by atoms with Gasteiger partial charge in [0.25, 0.3) is 0 Å². The van der Waals surface area contributed by atoms with Gasteiger partial charge in [0.15, 0.2) is 0 Å². The second kappa shape index (κ2) is 10.0. The second-order valence-electron chi connectivity index (χ2n) is 9.54. The van der Waals surface area contributed by atoms with Crippen molar-refractivity contribution in [3.8, 4) is 0 Å². The van der Waals surface area contributed by atoms with Crippen LogP contribution in [0.25, 0.3) is 21.0 Å². The minimum atomic E-state index is 0.125. The smallest absolute Gasteiger partial charge is 0.224 e. The average Bonchev–Trinajstić information content (AvgIpc) is 3.26. The topological polar surface area (TPSA) is 57.3 Å². The van der Waals surface area contributed by atoms with Gasteiger partial charge >= 0.3 is 0 Å². The van der Waals surface area contributed by atoms with Crippen LogP contribution in [0.1, 0.15) is 31.2 Å². The van der Waals surface area contributed by atoms with Crippen LogP contribution in [0.15, 0.2) is 60.0 Å². The summed E-state index contributed by atoms with van der Waals surface area (Å²) in [4.78, 5) is 19.6. The van der Waals surface area contributed by atoms with Crippen molar-refractivity contribution < 1.29 is 4.79 Å². The molecule has 0 unspecified atom stereocenters. The first-order valence-corrected chi connectivity index (χ1v) is 13.0. The Hall–Kier alpha value is -3.12. The van der Waals surface area contributed by atoms with Gasteiger partial charge in [0.05, 0.1) is 11.9 Å². The number of anilines is 2. The third-order valence-electron chi connectivity index (χ3n) is 6.87. The molecular weight excluding hydrogens is 440 g/mol. The van der Waals surface area contributed by atoms with Crippen LogP contribution < -0.4 is 15.5 Å². The van der Waals surface area contributed by atoms with Gasteiger partial charge in [0, 0.05) is 48.5 Å². The highest BCUT2D eigenvalue weighted by Crippen LogP contribution is 2.30. The summed E-state index contributed by atoms with van der Waals surface area (Å²) in [6.07, 6.45) is 4.90. The number of hydrogen-bond donors (Lipinski definition) is 2. The molecule has 0 spiro atoms. The number of hydrogen-bond acceptors (Lipinski definition) is 5. The number of fused-ring (bicyclic) bond motifs is 2. The highest BCUT2D eigenvalue weighted by Gasteiger charge is 2.22. The zero-order valence-electron chi connectivity index (χ0n) is 19.9. The van der Waals surface area contributed by atoms with Crippen LogP contribution in [0, 0.1) is 5.92 Å². The lowest BCUT2D eigenvalue weighted by Crippen LogP contribution is -2.34. The van der Waals surface area contributed by atoms with Gasteiger partial charge in [-0.2, -0.15) is 0 Å². The van der Waals surface area contributed by atoms with Crippen molar-refractivity contribution in [2.75, 3.05) is 30.9 Å². The number of carbonyl (C=O) groups excluding carboxylic acids is 1. The molecule has 2 heterocycles. The summed E-state index contributed by atoms with van der Waals surface area (Å²) in [6.45, 7) is 0.770. The summed E-state index contributed by atoms with van der Waals surface area (Å²) in [7, 11) is 4.15. The standard InChI is InChI=1S/C28H32N4OS/c1-32(2)25-16-27(31-24-9-5-3-8-23(24)25)30-21-13-11-19(12-14-21)17-29-28(33)15-20-18-34-26-10-6-4-7-22(20)26/h3-10,16,18-19,21H,11-15,17H2,1-2H3,(H,29,33)(H,30,31). The Labute approximate surface area is 205 Å². The third kappa shape index (κ3) is 5.02. The predicted octanol–water partition coefficient (Wildman–Crippen LogP) is 5.85. The van der Waals surface area contributed by atoms with E-state index in [1.165, 1.54) is 21.2 Å². The van der Waals surface area contributed by atoms with Crippen molar-refractivity contribution in [3.63, 3.8) is 0 Å². The Kier molecular flexibility index (Phi) is 6.68. The molecule has 1 amide bonds. The molecule has 1 aliphatic rings. The molecular formula is C28H32N4OS. The van der Waals surface area contributed by atoms with E-state index in [0.29, 0.717) is 18.4 Å². The molecule has 4 aromatic rings. The lowest BCUT2D eigenvalue weighted by molar-refractivity contribution is -0.120. The molecule has 0 radical (unpaired) electrons. The van der Waals surface area contributed by atoms with E-state index in [0.717, 1.165) is 49.1 Å². The minimum Gasteiger partial charge on any atom is -0.377 e. The number of thiophene rings is 1. The summed E-state index contributed by atoms with van der Waals surface area (Å²) in [5.41, 5.74) is 3.33. The minimum absolute atomic E-state index is 0.125. The first-order valence-electron chi connectivity index (χ1n) is 12.1. The van der Waals surface area contributed by atoms with Gasteiger partial charge < -0.3 is 15.5 Å². The molecule has 6 heteroatoms. The molecule has 1 fully saturated rings. The molecule has 0 saturated heterocycles. The van der Waals surface area contributed by atoms with E-state index in [-0.39, 0.29) is 5.91 Å². The number of pyridine rings is 1. The number of amides is 1. The largest absolute Gasteiger partial charge is 0.377 e. The van der Waals surface area contributed by atoms with Crippen LogP contribution in [0.3, 0.4) is 0 Å². The molecule has 5 rings (SSSR count). The number of benzene rings is 2. The van der Waals surface area contributed by atoms with Gasteiger partial charge in [-0.3, -0.25) is 4.79 Å². The first kappa shape index (κ1) is 22.7. The van der Waals surface area contributed by atoms with Gasteiger partial charge in [0.1, 0.15) is 5.82 Å².